The summed E-state index contributed by atoms with van der Waals surface area (Å²) in [6, 6.07) is 0. The van der Waals surface area contributed by atoms with E-state index in [1.165, 1.54) is 0 Å². The van der Waals surface area contributed by atoms with E-state index < -0.39 is 24.3 Å². The van der Waals surface area contributed by atoms with Crippen molar-refractivity contribution in [3.63, 3.8) is 0 Å². The normalized spacial score (nSPS) is 30.2. The van der Waals surface area contributed by atoms with Crippen molar-refractivity contribution < 1.29 is 23.0 Å². The molecule has 0 aromatic rings. The molecule has 1 aliphatic heterocycles. The van der Waals surface area contributed by atoms with Gasteiger partial charge in [-0.05, 0) is 32.6 Å². The summed E-state index contributed by atoms with van der Waals surface area (Å²) >= 11 is 0. The summed E-state index contributed by atoms with van der Waals surface area (Å²) in [4.78, 5) is 0. The van der Waals surface area contributed by atoms with Gasteiger partial charge in [0.15, 0.2) is 0 Å². The first-order valence-corrected chi connectivity index (χ1v) is 5.22. The molecule has 2 unspecified atom stereocenters. The molecule has 0 aromatic heterocycles. The first kappa shape index (κ1) is 12.8. The predicted molar refractivity (Wildman–Crippen MR) is 49.5 cm³/mol. The molecule has 1 N–H and O–H groups in total. The van der Waals surface area contributed by atoms with Crippen LogP contribution in [-0.4, -0.2) is 29.6 Å². The smallest absolute Gasteiger partial charge is 0.389 e. The minimum Gasteiger partial charge on any atom is -0.390 e. The fourth-order valence-electron chi connectivity index (χ4n) is 1.82. The van der Waals surface area contributed by atoms with Gasteiger partial charge >= 0.3 is 6.18 Å². The van der Waals surface area contributed by atoms with Crippen LogP contribution in [0.4, 0.5) is 13.2 Å². The summed E-state index contributed by atoms with van der Waals surface area (Å²) in [6.45, 7) is 2.22. The third-order valence-electron chi connectivity index (χ3n) is 2.91. The van der Waals surface area contributed by atoms with Crippen LogP contribution < -0.4 is 0 Å². The molecule has 2 nitrogen and oxygen atoms in total. The molecule has 1 aliphatic rings. The minimum atomic E-state index is -4.20. The average Bonchev–Trinajstić information content (AvgIpc) is 2.14. The van der Waals surface area contributed by atoms with Crippen molar-refractivity contribution in [2.75, 3.05) is 6.61 Å². The molecule has 1 rings (SSSR count). The Morgan fingerprint density at radius 3 is 2.53 bits per heavy atom. The molecule has 2 atom stereocenters. The molecule has 5 heteroatoms. The van der Waals surface area contributed by atoms with Gasteiger partial charge in [0.1, 0.15) is 0 Å². The minimum absolute atomic E-state index is 0.278. The second-order valence-corrected chi connectivity index (χ2v) is 4.29. The Hall–Kier alpha value is -0.290. The Bertz CT molecular complexity index is 197. The summed E-state index contributed by atoms with van der Waals surface area (Å²) in [5.41, 5.74) is -0.788. The van der Waals surface area contributed by atoms with Crippen molar-refractivity contribution in [1.82, 2.24) is 0 Å². The lowest BCUT2D eigenvalue weighted by Crippen LogP contribution is -2.44. The zero-order valence-corrected chi connectivity index (χ0v) is 8.81. The quantitative estimate of drug-likeness (QED) is 0.801. The van der Waals surface area contributed by atoms with E-state index in [2.05, 4.69) is 0 Å². The molecule has 0 aliphatic carbocycles. The van der Waals surface area contributed by atoms with E-state index in [1.54, 1.807) is 6.92 Å². The summed E-state index contributed by atoms with van der Waals surface area (Å²) in [6.07, 6.45) is -4.01. The molecular formula is C10H17F3O2. The molecule has 0 aromatic carbocycles. The van der Waals surface area contributed by atoms with E-state index in [-0.39, 0.29) is 6.42 Å². The van der Waals surface area contributed by atoms with Gasteiger partial charge in [-0.1, -0.05) is 0 Å². The Labute approximate surface area is 87.4 Å². The van der Waals surface area contributed by atoms with Crippen molar-refractivity contribution in [1.29, 1.82) is 0 Å². The number of hydrogen-bond donors (Lipinski definition) is 1. The molecule has 1 heterocycles. The van der Waals surface area contributed by atoms with E-state index in [9.17, 15) is 18.3 Å². The van der Waals surface area contributed by atoms with Crippen molar-refractivity contribution in [2.45, 2.75) is 56.9 Å². The zero-order chi connectivity index (χ0) is 11.5. The lowest BCUT2D eigenvalue weighted by Gasteiger charge is -2.38. The SMILES string of the molecule is CC1(C(O)CCC(F)(F)F)CCCCO1. The number of ether oxygens (including phenoxy) is 1. The molecule has 1 fully saturated rings. The van der Waals surface area contributed by atoms with Crippen LogP contribution in [0.15, 0.2) is 0 Å². The Kier molecular flexibility index (Phi) is 4.00. The standard InChI is InChI=1S/C10H17F3O2/c1-9(5-2-3-7-15-9)8(14)4-6-10(11,12)13/h8,14H,2-7H2,1H3. The maximum atomic E-state index is 12.0. The van der Waals surface area contributed by atoms with Gasteiger partial charge in [-0.25, -0.2) is 0 Å². The number of rotatable bonds is 3. The van der Waals surface area contributed by atoms with Gasteiger partial charge in [0.05, 0.1) is 11.7 Å². The molecule has 0 radical (unpaired) electrons. The molecule has 15 heavy (non-hydrogen) atoms. The van der Waals surface area contributed by atoms with E-state index >= 15 is 0 Å². The van der Waals surface area contributed by atoms with E-state index in [4.69, 9.17) is 4.74 Å². The number of alkyl halides is 3. The number of aliphatic hydroxyl groups excluding tert-OH is 1. The fourth-order valence-corrected chi connectivity index (χ4v) is 1.82. The van der Waals surface area contributed by atoms with Gasteiger partial charge in [0.2, 0.25) is 0 Å². The van der Waals surface area contributed by atoms with Gasteiger partial charge in [-0.15, -0.1) is 0 Å². The molecule has 0 bridgehead atoms. The third kappa shape index (κ3) is 3.99. The van der Waals surface area contributed by atoms with Gasteiger partial charge in [-0.2, -0.15) is 13.2 Å². The lowest BCUT2D eigenvalue weighted by atomic mass is 9.88. The highest BCUT2D eigenvalue weighted by Gasteiger charge is 2.38. The largest absolute Gasteiger partial charge is 0.390 e. The molecule has 90 valence electrons. The highest BCUT2D eigenvalue weighted by atomic mass is 19.4. The van der Waals surface area contributed by atoms with Gasteiger partial charge in [0, 0.05) is 13.0 Å². The third-order valence-corrected chi connectivity index (χ3v) is 2.91. The highest BCUT2D eigenvalue weighted by Crippen LogP contribution is 2.32. The van der Waals surface area contributed by atoms with Gasteiger partial charge in [0.25, 0.3) is 0 Å². The summed E-state index contributed by atoms with van der Waals surface area (Å²) in [5, 5.41) is 9.67. The van der Waals surface area contributed by atoms with E-state index in [1.807, 2.05) is 0 Å². The van der Waals surface area contributed by atoms with E-state index in [0.29, 0.717) is 13.0 Å². The summed E-state index contributed by atoms with van der Waals surface area (Å²) < 4.78 is 41.2. The van der Waals surface area contributed by atoms with Crippen molar-refractivity contribution in [3.8, 4) is 0 Å². The maximum absolute atomic E-state index is 12.0. The Morgan fingerprint density at radius 2 is 2.07 bits per heavy atom. The Morgan fingerprint density at radius 1 is 1.40 bits per heavy atom. The van der Waals surface area contributed by atoms with Gasteiger partial charge in [-0.3, -0.25) is 0 Å². The van der Waals surface area contributed by atoms with Crippen LogP contribution in [0.1, 0.15) is 39.0 Å². The molecule has 0 spiro atoms. The number of aliphatic hydroxyl groups is 1. The predicted octanol–water partition coefficient (Wildman–Crippen LogP) is 2.65. The fraction of sp³-hybridized carbons (Fsp3) is 1.00. The zero-order valence-electron chi connectivity index (χ0n) is 8.81. The molecule has 0 saturated carbocycles. The first-order chi connectivity index (χ1) is 6.83. The molecular weight excluding hydrogens is 209 g/mol. The van der Waals surface area contributed by atoms with Gasteiger partial charge < -0.3 is 9.84 Å². The second-order valence-electron chi connectivity index (χ2n) is 4.29. The Balaban J connectivity index is 2.41. The maximum Gasteiger partial charge on any atom is 0.389 e. The number of halogens is 3. The summed E-state index contributed by atoms with van der Waals surface area (Å²) in [5.74, 6) is 0. The monoisotopic (exact) mass is 226 g/mol. The van der Waals surface area contributed by atoms with Crippen LogP contribution in [0, 0.1) is 0 Å². The van der Waals surface area contributed by atoms with Crippen LogP contribution in [0.25, 0.3) is 0 Å². The van der Waals surface area contributed by atoms with Crippen LogP contribution in [-0.2, 0) is 4.74 Å². The van der Waals surface area contributed by atoms with Crippen molar-refractivity contribution in [3.05, 3.63) is 0 Å². The highest BCUT2D eigenvalue weighted by molar-refractivity contribution is 4.86. The van der Waals surface area contributed by atoms with Crippen LogP contribution in [0.2, 0.25) is 0 Å². The van der Waals surface area contributed by atoms with E-state index in [0.717, 1.165) is 12.8 Å². The van der Waals surface area contributed by atoms with Crippen molar-refractivity contribution >= 4 is 0 Å². The summed E-state index contributed by atoms with van der Waals surface area (Å²) in [7, 11) is 0. The van der Waals surface area contributed by atoms with Crippen LogP contribution in [0.5, 0.6) is 0 Å². The second kappa shape index (κ2) is 4.70. The van der Waals surface area contributed by atoms with Crippen LogP contribution >= 0.6 is 0 Å². The molecule has 0 amide bonds. The molecule has 1 saturated heterocycles. The lowest BCUT2D eigenvalue weighted by molar-refractivity contribution is -0.166. The van der Waals surface area contributed by atoms with Crippen LogP contribution in [0.3, 0.4) is 0 Å². The van der Waals surface area contributed by atoms with Crippen molar-refractivity contribution in [2.24, 2.45) is 0 Å². The average molecular weight is 226 g/mol. The topological polar surface area (TPSA) is 29.5 Å². The first-order valence-electron chi connectivity index (χ1n) is 5.22. The number of hydrogen-bond acceptors (Lipinski definition) is 2.